The highest BCUT2D eigenvalue weighted by atomic mass is 32.1. The fraction of sp³-hybridized carbons (Fsp3) is 0.444. The van der Waals surface area contributed by atoms with Gasteiger partial charge >= 0.3 is 0 Å². The Balaban J connectivity index is 1.62. The molecule has 23 heavy (non-hydrogen) atoms. The number of benzene rings is 1. The molecule has 1 aliphatic heterocycles. The molecule has 0 radical (unpaired) electrons. The second kappa shape index (κ2) is 7.13. The Morgan fingerprint density at radius 1 is 1.39 bits per heavy atom. The molecule has 3 rings (SSSR count). The standard InChI is InChI=1S/C18H22N2O2S/c1-13-12-23-18(19-13)15-4-3-9-20(11-15)17(21)10-14-5-7-16(22-2)8-6-14/h5-8,12,15H,3-4,9-11H2,1-2H3/t15-/m0/s1. The van der Waals surface area contributed by atoms with Crippen molar-refractivity contribution in [2.75, 3.05) is 20.2 Å². The number of nitrogens with zero attached hydrogens (tertiary/aromatic N) is 2. The average Bonchev–Trinajstić information content (AvgIpc) is 3.02. The van der Waals surface area contributed by atoms with E-state index in [0.29, 0.717) is 12.3 Å². The van der Waals surface area contributed by atoms with Gasteiger partial charge in [-0.1, -0.05) is 12.1 Å². The summed E-state index contributed by atoms with van der Waals surface area (Å²) in [5, 5.41) is 3.26. The summed E-state index contributed by atoms with van der Waals surface area (Å²) in [7, 11) is 1.65. The smallest absolute Gasteiger partial charge is 0.227 e. The van der Waals surface area contributed by atoms with Gasteiger partial charge in [-0.15, -0.1) is 11.3 Å². The third-order valence-electron chi connectivity index (χ3n) is 4.27. The van der Waals surface area contributed by atoms with Crippen LogP contribution < -0.4 is 4.74 Å². The van der Waals surface area contributed by atoms with Crippen molar-refractivity contribution in [2.45, 2.75) is 32.1 Å². The number of ether oxygens (including phenoxy) is 1. The van der Waals surface area contributed by atoms with Gasteiger partial charge in [0, 0.05) is 30.1 Å². The highest BCUT2D eigenvalue weighted by Gasteiger charge is 2.26. The molecule has 0 bridgehead atoms. The van der Waals surface area contributed by atoms with Crippen LogP contribution in [0.4, 0.5) is 0 Å². The normalized spacial score (nSPS) is 18.0. The Morgan fingerprint density at radius 3 is 2.83 bits per heavy atom. The second-order valence-electron chi connectivity index (χ2n) is 6.03. The number of carbonyl (C=O) groups excluding carboxylic acids is 1. The number of likely N-dealkylation sites (tertiary alicyclic amines) is 1. The minimum Gasteiger partial charge on any atom is -0.497 e. The third-order valence-corrected chi connectivity index (χ3v) is 5.40. The predicted octanol–water partition coefficient (Wildman–Crippen LogP) is 3.41. The van der Waals surface area contributed by atoms with Crippen molar-refractivity contribution >= 4 is 17.2 Å². The molecule has 1 aliphatic rings. The number of methoxy groups -OCH3 is 1. The largest absolute Gasteiger partial charge is 0.497 e. The lowest BCUT2D eigenvalue weighted by molar-refractivity contribution is -0.131. The fourth-order valence-corrected chi connectivity index (χ4v) is 3.92. The molecular formula is C18H22N2O2S. The summed E-state index contributed by atoms with van der Waals surface area (Å²) in [6, 6.07) is 7.73. The SMILES string of the molecule is COc1ccc(CC(=O)N2CCC[C@H](c3nc(C)cs3)C2)cc1. The molecule has 1 amide bonds. The maximum absolute atomic E-state index is 12.6. The van der Waals surface area contributed by atoms with Crippen molar-refractivity contribution in [3.05, 3.63) is 45.9 Å². The van der Waals surface area contributed by atoms with E-state index in [0.717, 1.165) is 42.9 Å². The van der Waals surface area contributed by atoms with Gasteiger partial charge in [0.05, 0.1) is 18.5 Å². The molecule has 2 heterocycles. The Labute approximate surface area is 141 Å². The molecule has 5 heteroatoms. The lowest BCUT2D eigenvalue weighted by Crippen LogP contribution is -2.39. The molecule has 1 atom stereocenters. The van der Waals surface area contributed by atoms with E-state index in [9.17, 15) is 4.79 Å². The van der Waals surface area contributed by atoms with Gasteiger partial charge in [-0.2, -0.15) is 0 Å². The molecule has 2 aromatic rings. The first-order chi connectivity index (χ1) is 11.2. The summed E-state index contributed by atoms with van der Waals surface area (Å²) < 4.78 is 5.15. The molecule has 0 N–H and O–H groups in total. The van der Waals surface area contributed by atoms with Crippen molar-refractivity contribution in [3.63, 3.8) is 0 Å². The first kappa shape index (κ1) is 16.0. The second-order valence-corrected chi connectivity index (χ2v) is 6.92. The fourth-order valence-electron chi connectivity index (χ4n) is 2.99. The minimum atomic E-state index is 0.202. The highest BCUT2D eigenvalue weighted by Crippen LogP contribution is 2.29. The number of carbonyl (C=O) groups is 1. The molecule has 0 aliphatic carbocycles. The number of aromatic nitrogens is 1. The molecular weight excluding hydrogens is 308 g/mol. The van der Waals surface area contributed by atoms with Crippen LogP contribution in [0.2, 0.25) is 0 Å². The van der Waals surface area contributed by atoms with E-state index in [2.05, 4.69) is 10.4 Å². The van der Waals surface area contributed by atoms with Gasteiger partial charge in [0.25, 0.3) is 0 Å². The predicted molar refractivity (Wildman–Crippen MR) is 92.1 cm³/mol. The van der Waals surface area contributed by atoms with E-state index in [1.165, 1.54) is 5.01 Å². The van der Waals surface area contributed by atoms with Gasteiger partial charge in [-0.05, 0) is 37.5 Å². The molecule has 4 nitrogen and oxygen atoms in total. The van der Waals surface area contributed by atoms with Crippen molar-refractivity contribution < 1.29 is 9.53 Å². The van der Waals surface area contributed by atoms with Crippen molar-refractivity contribution in [2.24, 2.45) is 0 Å². The van der Waals surface area contributed by atoms with E-state index in [1.54, 1.807) is 18.4 Å². The lowest BCUT2D eigenvalue weighted by atomic mass is 9.98. The van der Waals surface area contributed by atoms with Crippen LogP contribution >= 0.6 is 11.3 Å². The minimum absolute atomic E-state index is 0.202. The van der Waals surface area contributed by atoms with Crippen molar-refractivity contribution in [3.8, 4) is 5.75 Å². The first-order valence-corrected chi connectivity index (χ1v) is 8.86. The van der Waals surface area contributed by atoms with Crippen LogP contribution in [-0.2, 0) is 11.2 Å². The van der Waals surface area contributed by atoms with Crippen LogP contribution in [0.3, 0.4) is 0 Å². The Hall–Kier alpha value is -1.88. The van der Waals surface area contributed by atoms with Gasteiger partial charge in [0.15, 0.2) is 0 Å². The van der Waals surface area contributed by atoms with E-state index in [1.807, 2.05) is 36.1 Å². The zero-order chi connectivity index (χ0) is 16.2. The van der Waals surface area contributed by atoms with Gasteiger partial charge in [0.2, 0.25) is 5.91 Å². The summed E-state index contributed by atoms with van der Waals surface area (Å²) in [6.07, 6.45) is 2.63. The Morgan fingerprint density at radius 2 is 2.17 bits per heavy atom. The zero-order valence-corrected chi connectivity index (χ0v) is 14.4. The number of hydrogen-bond acceptors (Lipinski definition) is 4. The number of hydrogen-bond donors (Lipinski definition) is 0. The maximum atomic E-state index is 12.6. The van der Waals surface area contributed by atoms with Gasteiger partial charge in [0.1, 0.15) is 5.75 Å². The van der Waals surface area contributed by atoms with Gasteiger partial charge in [-0.3, -0.25) is 4.79 Å². The van der Waals surface area contributed by atoms with Crippen LogP contribution in [0.25, 0.3) is 0 Å². The topological polar surface area (TPSA) is 42.4 Å². The maximum Gasteiger partial charge on any atom is 0.227 e. The quantitative estimate of drug-likeness (QED) is 0.863. The number of aryl methyl sites for hydroxylation is 1. The summed E-state index contributed by atoms with van der Waals surface area (Å²) in [6.45, 7) is 3.67. The summed E-state index contributed by atoms with van der Waals surface area (Å²) in [4.78, 5) is 19.2. The van der Waals surface area contributed by atoms with E-state index in [4.69, 9.17) is 4.74 Å². The molecule has 0 unspecified atom stereocenters. The molecule has 1 aromatic carbocycles. The van der Waals surface area contributed by atoms with Crippen molar-refractivity contribution in [1.29, 1.82) is 0 Å². The first-order valence-electron chi connectivity index (χ1n) is 7.98. The molecule has 1 aromatic heterocycles. The molecule has 0 saturated carbocycles. The van der Waals surface area contributed by atoms with Crippen LogP contribution in [0.15, 0.2) is 29.6 Å². The summed E-state index contributed by atoms with van der Waals surface area (Å²) in [5.74, 6) is 1.41. The number of piperidine rings is 1. The molecule has 1 saturated heterocycles. The van der Waals surface area contributed by atoms with E-state index < -0.39 is 0 Å². The van der Waals surface area contributed by atoms with Crippen LogP contribution in [0.1, 0.15) is 35.0 Å². The molecule has 122 valence electrons. The molecule has 0 spiro atoms. The van der Waals surface area contributed by atoms with E-state index in [-0.39, 0.29) is 5.91 Å². The number of thiazole rings is 1. The van der Waals surface area contributed by atoms with Crippen LogP contribution in [0.5, 0.6) is 5.75 Å². The van der Waals surface area contributed by atoms with Crippen LogP contribution in [-0.4, -0.2) is 36.0 Å². The number of rotatable bonds is 4. The zero-order valence-electron chi connectivity index (χ0n) is 13.6. The van der Waals surface area contributed by atoms with Gasteiger partial charge < -0.3 is 9.64 Å². The summed E-state index contributed by atoms with van der Waals surface area (Å²) >= 11 is 1.71. The highest BCUT2D eigenvalue weighted by molar-refractivity contribution is 7.09. The summed E-state index contributed by atoms with van der Waals surface area (Å²) in [5.41, 5.74) is 2.11. The van der Waals surface area contributed by atoms with Gasteiger partial charge in [-0.25, -0.2) is 4.98 Å². The number of amides is 1. The van der Waals surface area contributed by atoms with Crippen LogP contribution in [0, 0.1) is 6.92 Å². The van der Waals surface area contributed by atoms with Crippen molar-refractivity contribution in [1.82, 2.24) is 9.88 Å². The Kier molecular flexibility index (Phi) is 4.96. The monoisotopic (exact) mass is 330 g/mol. The van der Waals surface area contributed by atoms with E-state index >= 15 is 0 Å². The molecule has 1 fully saturated rings. The lowest BCUT2D eigenvalue weighted by Gasteiger charge is -2.32. The third kappa shape index (κ3) is 3.91. The Bertz CT molecular complexity index is 666. The average molecular weight is 330 g/mol.